The van der Waals surface area contributed by atoms with Crippen LogP contribution < -0.4 is 0 Å². The predicted octanol–water partition coefficient (Wildman–Crippen LogP) is 5.66. The van der Waals surface area contributed by atoms with Gasteiger partial charge in [0.1, 0.15) is 5.82 Å². The zero-order chi connectivity index (χ0) is 23.0. The average Bonchev–Trinajstić information content (AvgIpc) is 3.47. The summed E-state index contributed by atoms with van der Waals surface area (Å²) in [5.74, 6) is 0.958. The van der Waals surface area contributed by atoms with E-state index in [2.05, 4.69) is 59.3 Å². The number of aromatic nitrogens is 1. The number of rotatable bonds is 5. The van der Waals surface area contributed by atoms with Gasteiger partial charge in [-0.05, 0) is 81.4 Å². The fraction of sp³-hybridized carbons (Fsp3) is 0.464. The Balaban J connectivity index is 1.20. The number of H-pyrrole nitrogens is 1. The van der Waals surface area contributed by atoms with Gasteiger partial charge in [0.2, 0.25) is 5.91 Å². The maximum Gasteiger partial charge on any atom is 0.222 e. The van der Waals surface area contributed by atoms with Crippen molar-refractivity contribution in [2.75, 3.05) is 27.2 Å². The van der Waals surface area contributed by atoms with Crippen molar-refractivity contribution in [1.29, 1.82) is 0 Å². The summed E-state index contributed by atoms with van der Waals surface area (Å²) in [4.78, 5) is 20.9. The number of carbonyl (C=O) groups is 1. The Morgan fingerprint density at radius 2 is 1.82 bits per heavy atom. The minimum absolute atomic E-state index is 0.0681. The highest BCUT2D eigenvalue weighted by Crippen LogP contribution is 2.44. The Morgan fingerprint density at radius 1 is 1.09 bits per heavy atom. The molecule has 5 heteroatoms. The molecule has 3 aromatic rings. The summed E-state index contributed by atoms with van der Waals surface area (Å²) in [6.45, 7) is 1.68. The maximum absolute atomic E-state index is 13.5. The number of nitrogens with one attached hydrogen (secondary N) is 1. The van der Waals surface area contributed by atoms with Gasteiger partial charge >= 0.3 is 0 Å². The van der Waals surface area contributed by atoms with Crippen molar-refractivity contribution < 1.29 is 9.18 Å². The Morgan fingerprint density at radius 3 is 2.55 bits per heavy atom. The van der Waals surface area contributed by atoms with Crippen molar-refractivity contribution in [1.82, 2.24) is 14.8 Å². The number of likely N-dealkylation sites (tertiary alicyclic amines) is 1. The molecule has 5 rings (SSSR count). The van der Waals surface area contributed by atoms with Gasteiger partial charge in [0.05, 0.1) is 0 Å². The van der Waals surface area contributed by atoms with E-state index < -0.39 is 0 Å². The first-order valence-electron chi connectivity index (χ1n) is 12.2. The molecule has 1 saturated carbocycles. The monoisotopic (exact) mass is 447 g/mol. The molecule has 2 aliphatic rings. The molecule has 1 unspecified atom stereocenters. The third-order valence-corrected chi connectivity index (χ3v) is 8.24. The van der Waals surface area contributed by atoms with Crippen LogP contribution >= 0.6 is 0 Å². The summed E-state index contributed by atoms with van der Waals surface area (Å²) in [7, 11) is 4.23. The minimum atomic E-state index is -0.191. The smallest absolute Gasteiger partial charge is 0.222 e. The molecular formula is C28H34FN3O. The van der Waals surface area contributed by atoms with E-state index in [1.54, 1.807) is 12.1 Å². The first-order chi connectivity index (χ1) is 16.0. The number of hydrogen-bond donors (Lipinski definition) is 1. The standard InChI is InChI=1S/C28H34FN3O/c1-31(2)28(22-7-9-23(29)10-8-22)14-11-20(12-15-28)17-27(33)32-16-13-21(19-32)25-18-30-26-6-4-3-5-24(25)26/h3-10,18,20-21,30H,11-17,19H2,1-2H3. The molecule has 2 aromatic carbocycles. The summed E-state index contributed by atoms with van der Waals surface area (Å²) < 4.78 is 13.5. The first kappa shape index (κ1) is 22.1. The van der Waals surface area contributed by atoms with Gasteiger partial charge < -0.3 is 9.88 Å². The molecule has 0 bridgehead atoms. The van der Waals surface area contributed by atoms with E-state index in [1.165, 1.54) is 22.0 Å². The lowest BCUT2D eigenvalue weighted by molar-refractivity contribution is -0.131. The normalized spacial score (nSPS) is 25.8. The number of amides is 1. The lowest BCUT2D eigenvalue weighted by Crippen LogP contribution is -2.45. The van der Waals surface area contributed by atoms with Crippen molar-refractivity contribution >= 4 is 16.8 Å². The first-order valence-corrected chi connectivity index (χ1v) is 12.2. The highest BCUT2D eigenvalue weighted by molar-refractivity contribution is 5.84. The number of carbonyl (C=O) groups excluding carboxylic acids is 1. The molecule has 1 aromatic heterocycles. The number of hydrogen-bond acceptors (Lipinski definition) is 2. The highest BCUT2D eigenvalue weighted by atomic mass is 19.1. The third-order valence-electron chi connectivity index (χ3n) is 8.24. The van der Waals surface area contributed by atoms with Gasteiger partial charge in [-0.25, -0.2) is 4.39 Å². The Hall–Kier alpha value is -2.66. The van der Waals surface area contributed by atoms with Crippen LogP contribution in [-0.2, 0) is 10.3 Å². The second-order valence-corrected chi connectivity index (χ2v) is 10.2. The molecule has 174 valence electrons. The van der Waals surface area contributed by atoms with E-state index in [1.807, 2.05) is 12.1 Å². The van der Waals surface area contributed by atoms with Crippen molar-refractivity contribution in [3.63, 3.8) is 0 Å². The minimum Gasteiger partial charge on any atom is -0.361 e. The summed E-state index contributed by atoms with van der Waals surface area (Å²) in [5, 5.41) is 1.28. The van der Waals surface area contributed by atoms with Crippen LogP contribution in [0.4, 0.5) is 4.39 Å². The second kappa shape index (κ2) is 8.94. The van der Waals surface area contributed by atoms with E-state index in [9.17, 15) is 9.18 Å². The molecule has 2 heterocycles. The van der Waals surface area contributed by atoms with E-state index in [4.69, 9.17) is 0 Å². The van der Waals surface area contributed by atoms with Crippen LogP contribution in [0.25, 0.3) is 10.9 Å². The quantitative estimate of drug-likeness (QED) is 0.548. The Labute approximate surface area is 195 Å². The number of para-hydroxylation sites is 1. The van der Waals surface area contributed by atoms with Crippen LogP contribution in [0.3, 0.4) is 0 Å². The van der Waals surface area contributed by atoms with E-state index in [0.29, 0.717) is 24.2 Å². The molecule has 0 radical (unpaired) electrons. The van der Waals surface area contributed by atoms with Crippen LogP contribution in [0.2, 0.25) is 0 Å². The van der Waals surface area contributed by atoms with Crippen molar-refractivity contribution in [2.24, 2.45) is 5.92 Å². The zero-order valence-electron chi connectivity index (χ0n) is 19.7. The molecule has 1 saturated heterocycles. The van der Waals surface area contributed by atoms with Gasteiger partial charge in [-0.2, -0.15) is 0 Å². The second-order valence-electron chi connectivity index (χ2n) is 10.2. The van der Waals surface area contributed by atoms with Gasteiger partial charge in [0, 0.05) is 48.1 Å². The largest absolute Gasteiger partial charge is 0.361 e. The van der Waals surface area contributed by atoms with Gasteiger partial charge in [0.15, 0.2) is 0 Å². The van der Waals surface area contributed by atoms with Crippen LogP contribution in [-0.4, -0.2) is 47.9 Å². The molecular weight excluding hydrogens is 413 g/mol. The van der Waals surface area contributed by atoms with Gasteiger partial charge in [-0.3, -0.25) is 9.69 Å². The molecule has 1 aliphatic carbocycles. The van der Waals surface area contributed by atoms with Crippen LogP contribution in [0.1, 0.15) is 55.6 Å². The Bertz CT molecular complexity index is 1110. The van der Waals surface area contributed by atoms with Crippen molar-refractivity contribution in [2.45, 2.75) is 50.0 Å². The fourth-order valence-corrected chi connectivity index (χ4v) is 6.16. The molecule has 1 N–H and O–H groups in total. The van der Waals surface area contributed by atoms with Crippen LogP contribution in [0.15, 0.2) is 54.7 Å². The van der Waals surface area contributed by atoms with Gasteiger partial charge in [-0.15, -0.1) is 0 Å². The third kappa shape index (κ3) is 4.19. The summed E-state index contributed by atoms with van der Waals surface area (Å²) in [5.41, 5.74) is 3.62. The average molecular weight is 448 g/mol. The fourth-order valence-electron chi connectivity index (χ4n) is 6.16. The molecule has 1 amide bonds. The van der Waals surface area contributed by atoms with Crippen molar-refractivity contribution in [3.05, 3.63) is 71.7 Å². The zero-order valence-corrected chi connectivity index (χ0v) is 19.7. The van der Waals surface area contributed by atoms with Crippen molar-refractivity contribution in [3.8, 4) is 0 Å². The van der Waals surface area contributed by atoms with E-state index in [0.717, 1.165) is 45.2 Å². The lowest BCUT2D eigenvalue weighted by Gasteiger charge is -2.45. The molecule has 33 heavy (non-hydrogen) atoms. The molecule has 1 atom stereocenters. The summed E-state index contributed by atoms with van der Waals surface area (Å²) in [6, 6.07) is 15.4. The van der Waals surface area contributed by atoms with E-state index >= 15 is 0 Å². The number of benzene rings is 2. The summed E-state index contributed by atoms with van der Waals surface area (Å²) in [6.07, 6.45) is 7.87. The van der Waals surface area contributed by atoms with Crippen LogP contribution in [0, 0.1) is 11.7 Å². The summed E-state index contributed by atoms with van der Waals surface area (Å²) >= 11 is 0. The molecule has 1 aliphatic heterocycles. The molecule has 2 fully saturated rings. The number of fused-ring (bicyclic) bond motifs is 1. The number of aromatic amines is 1. The number of halogens is 1. The number of nitrogens with zero attached hydrogens (tertiary/aromatic N) is 2. The molecule has 4 nitrogen and oxygen atoms in total. The lowest BCUT2D eigenvalue weighted by atomic mass is 9.71. The van der Waals surface area contributed by atoms with Gasteiger partial charge in [0.25, 0.3) is 0 Å². The topological polar surface area (TPSA) is 39.3 Å². The van der Waals surface area contributed by atoms with Crippen LogP contribution in [0.5, 0.6) is 0 Å². The van der Waals surface area contributed by atoms with E-state index in [-0.39, 0.29) is 11.4 Å². The Kier molecular flexibility index (Phi) is 6.00. The SMILES string of the molecule is CN(C)C1(c2ccc(F)cc2)CCC(CC(=O)N2CCC(c3c[nH]c4ccccc34)C2)CC1. The predicted molar refractivity (Wildman–Crippen MR) is 131 cm³/mol. The maximum atomic E-state index is 13.5. The van der Waals surface area contributed by atoms with Gasteiger partial charge in [-0.1, -0.05) is 30.3 Å². The molecule has 0 spiro atoms. The highest BCUT2D eigenvalue weighted by Gasteiger charge is 2.40.